The molecule has 0 bridgehead atoms. The summed E-state index contributed by atoms with van der Waals surface area (Å²) in [7, 11) is 1.66. The van der Waals surface area contributed by atoms with Crippen molar-refractivity contribution in [1.29, 1.82) is 0 Å². The largest absolute Gasteiger partial charge is 0.497 e. The molecule has 5 heteroatoms. The molecule has 0 aliphatic carbocycles. The van der Waals surface area contributed by atoms with Gasteiger partial charge in [0, 0.05) is 0 Å². The quantitative estimate of drug-likeness (QED) is 0.458. The van der Waals surface area contributed by atoms with Gasteiger partial charge in [0.1, 0.15) is 11.6 Å². The zero-order valence-electron chi connectivity index (χ0n) is 17.8. The van der Waals surface area contributed by atoms with Gasteiger partial charge >= 0.3 is 0 Å². The van der Waals surface area contributed by atoms with E-state index in [0.717, 1.165) is 38.9 Å². The molecule has 4 aromatic rings. The summed E-state index contributed by atoms with van der Waals surface area (Å²) in [5.41, 5.74) is 2.87. The number of imidazole rings is 1. The number of amides is 1. The minimum Gasteiger partial charge on any atom is -0.497 e. The zero-order chi connectivity index (χ0) is 21.3. The lowest BCUT2D eigenvalue weighted by Gasteiger charge is -2.23. The van der Waals surface area contributed by atoms with Gasteiger partial charge < -0.3 is 15.0 Å². The minimum atomic E-state index is -0.276. The first-order valence-corrected chi connectivity index (χ1v) is 10.3. The second-order valence-electron chi connectivity index (χ2n) is 8.06. The maximum Gasteiger partial charge on any atom is 0.227 e. The van der Waals surface area contributed by atoms with E-state index in [1.807, 2.05) is 61.5 Å². The number of para-hydroxylation sites is 2. The topological polar surface area (TPSA) is 67.0 Å². The van der Waals surface area contributed by atoms with Crippen LogP contribution in [-0.2, 0) is 4.79 Å². The first-order chi connectivity index (χ1) is 14.5. The number of H-pyrrole nitrogens is 1. The number of aromatic amines is 1. The summed E-state index contributed by atoms with van der Waals surface area (Å²) in [6, 6.07) is 19.8. The fraction of sp³-hybridized carbons (Fsp3) is 0.280. The van der Waals surface area contributed by atoms with E-state index in [0.29, 0.717) is 0 Å². The van der Waals surface area contributed by atoms with Gasteiger partial charge in [0.15, 0.2) is 0 Å². The molecule has 2 atom stereocenters. The van der Waals surface area contributed by atoms with Crippen LogP contribution in [-0.4, -0.2) is 23.0 Å². The third-order valence-electron chi connectivity index (χ3n) is 5.63. The number of hydrogen-bond acceptors (Lipinski definition) is 3. The summed E-state index contributed by atoms with van der Waals surface area (Å²) in [6.45, 7) is 6.12. The molecule has 2 unspecified atom stereocenters. The van der Waals surface area contributed by atoms with Gasteiger partial charge in [-0.05, 0) is 53.4 Å². The van der Waals surface area contributed by atoms with Crippen LogP contribution in [0.25, 0.3) is 21.8 Å². The molecular weight excluding hydrogens is 374 g/mol. The van der Waals surface area contributed by atoms with Gasteiger partial charge in [-0.3, -0.25) is 4.79 Å². The molecule has 154 valence electrons. The number of carbonyl (C=O) groups excluding carboxylic acids is 1. The Morgan fingerprint density at radius 3 is 2.47 bits per heavy atom. The molecule has 0 fully saturated rings. The van der Waals surface area contributed by atoms with Crippen LogP contribution in [0.3, 0.4) is 0 Å². The first kappa shape index (κ1) is 20.0. The minimum absolute atomic E-state index is 0.0120. The Hall–Kier alpha value is -3.34. The van der Waals surface area contributed by atoms with Crippen molar-refractivity contribution >= 4 is 27.7 Å². The highest BCUT2D eigenvalue weighted by atomic mass is 16.5. The number of fused-ring (bicyclic) bond motifs is 2. The molecular formula is C25H27N3O2. The Kier molecular flexibility index (Phi) is 5.44. The van der Waals surface area contributed by atoms with Crippen molar-refractivity contribution in [2.75, 3.05) is 7.11 Å². The van der Waals surface area contributed by atoms with Gasteiger partial charge in [-0.25, -0.2) is 4.98 Å². The monoisotopic (exact) mass is 401 g/mol. The average Bonchev–Trinajstić information content (AvgIpc) is 3.19. The zero-order valence-corrected chi connectivity index (χ0v) is 17.8. The highest BCUT2D eigenvalue weighted by Crippen LogP contribution is 2.27. The molecule has 0 aliphatic rings. The smallest absolute Gasteiger partial charge is 0.227 e. The second kappa shape index (κ2) is 8.19. The van der Waals surface area contributed by atoms with Crippen LogP contribution in [0.1, 0.15) is 44.1 Å². The molecule has 0 aliphatic heterocycles. The van der Waals surface area contributed by atoms with Crippen LogP contribution in [0.2, 0.25) is 0 Å². The van der Waals surface area contributed by atoms with Crippen molar-refractivity contribution in [2.24, 2.45) is 5.92 Å². The Bertz CT molecular complexity index is 1160. The predicted molar refractivity (Wildman–Crippen MR) is 121 cm³/mol. The lowest BCUT2D eigenvalue weighted by atomic mass is 9.95. The van der Waals surface area contributed by atoms with Crippen LogP contribution in [0.15, 0.2) is 60.7 Å². The molecule has 1 amide bonds. The van der Waals surface area contributed by atoms with E-state index in [-0.39, 0.29) is 23.8 Å². The predicted octanol–water partition coefficient (Wildman–Crippen LogP) is 5.34. The summed E-state index contributed by atoms with van der Waals surface area (Å²) in [6.07, 6.45) is 0. The highest BCUT2D eigenvalue weighted by molar-refractivity contribution is 5.88. The fourth-order valence-electron chi connectivity index (χ4n) is 3.74. The third-order valence-corrected chi connectivity index (χ3v) is 5.63. The van der Waals surface area contributed by atoms with Crippen molar-refractivity contribution in [2.45, 2.75) is 32.7 Å². The van der Waals surface area contributed by atoms with Crippen molar-refractivity contribution in [3.05, 3.63) is 72.1 Å². The Morgan fingerprint density at radius 1 is 1.00 bits per heavy atom. The van der Waals surface area contributed by atoms with E-state index in [4.69, 9.17) is 9.72 Å². The molecule has 1 heterocycles. The molecule has 2 N–H and O–H groups in total. The summed E-state index contributed by atoms with van der Waals surface area (Å²) in [5, 5.41) is 5.38. The van der Waals surface area contributed by atoms with E-state index < -0.39 is 0 Å². The van der Waals surface area contributed by atoms with E-state index >= 15 is 0 Å². The van der Waals surface area contributed by atoms with Crippen LogP contribution >= 0.6 is 0 Å². The lowest BCUT2D eigenvalue weighted by molar-refractivity contribution is -0.123. The average molecular weight is 402 g/mol. The molecule has 1 aromatic heterocycles. The molecule has 4 rings (SSSR count). The van der Waals surface area contributed by atoms with Crippen molar-refractivity contribution in [1.82, 2.24) is 15.3 Å². The molecule has 0 saturated heterocycles. The number of nitrogens with zero attached hydrogens (tertiary/aromatic N) is 1. The Labute approximate surface area is 176 Å². The van der Waals surface area contributed by atoms with Gasteiger partial charge in [0.2, 0.25) is 5.91 Å². The number of nitrogens with one attached hydrogen (secondary N) is 2. The maximum atomic E-state index is 13.1. The standard InChI is InChI=1S/C25H27N3O2/c1-15(2)23(24-26-21-7-5-6-8-22(21)27-24)28-25(29)16(3)17-9-10-19-14-20(30-4)12-11-18(19)13-17/h5-16,23H,1-4H3,(H,26,27)(H,28,29). The molecule has 0 saturated carbocycles. The molecule has 5 nitrogen and oxygen atoms in total. The SMILES string of the molecule is COc1ccc2cc(C(C)C(=O)NC(c3nc4ccccc4[nH]3)C(C)C)ccc2c1. The van der Waals surface area contributed by atoms with Crippen LogP contribution < -0.4 is 10.1 Å². The molecule has 30 heavy (non-hydrogen) atoms. The molecule has 0 radical (unpaired) electrons. The third kappa shape index (κ3) is 3.88. The summed E-state index contributed by atoms with van der Waals surface area (Å²) in [4.78, 5) is 21.2. The van der Waals surface area contributed by atoms with Crippen molar-refractivity contribution in [3.63, 3.8) is 0 Å². The van der Waals surface area contributed by atoms with Crippen LogP contribution in [0, 0.1) is 5.92 Å². The van der Waals surface area contributed by atoms with Gasteiger partial charge in [-0.2, -0.15) is 0 Å². The number of hydrogen-bond donors (Lipinski definition) is 2. The fourth-order valence-corrected chi connectivity index (χ4v) is 3.74. The Balaban J connectivity index is 1.57. The van der Waals surface area contributed by atoms with Crippen LogP contribution in [0.5, 0.6) is 5.75 Å². The number of benzene rings is 3. The second-order valence-corrected chi connectivity index (χ2v) is 8.06. The van der Waals surface area contributed by atoms with Crippen molar-refractivity contribution in [3.8, 4) is 5.75 Å². The van der Waals surface area contributed by atoms with E-state index in [9.17, 15) is 4.79 Å². The first-order valence-electron chi connectivity index (χ1n) is 10.3. The van der Waals surface area contributed by atoms with Gasteiger partial charge in [0.05, 0.1) is 30.1 Å². The van der Waals surface area contributed by atoms with E-state index in [2.05, 4.69) is 30.2 Å². The maximum absolute atomic E-state index is 13.1. The highest BCUT2D eigenvalue weighted by Gasteiger charge is 2.25. The number of ether oxygens (including phenoxy) is 1. The number of rotatable bonds is 6. The number of aromatic nitrogens is 2. The lowest BCUT2D eigenvalue weighted by Crippen LogP contribution is -2.35. The summed E-state index contributed by atoms with van der Waals surface area (Å²) >= 11 is 0. The number of methoxy groups -OCH3 is 1. The van der Waals surface area contributed by atoms with Gasteiger partial charge in [-0.1, -0.05) is 50.2 Å². The van der Waals surface area contributed by atoms with Gasteiger partial charge in [0.25, 0.3) is 0 Å². The summed E-state index contributed by atoms with van der Waals surface area (Å²) in [5.74, 6) is 1.53. The van der Waals surface area contributed by atoms with E-state index in [1.54, 1.807) is 7.11 Å². The Morgan fingerprint density at radius 2 is 1.73 bits per heavy atom. The molecule has 0 spiro atoms. The van der Waals surface area contributed by atoms with Gasteiger partial charge in [-0.15, -0.1) is 0 Å². The normalized spacial score (nSPS) is 13.5. The molecule has 3 aromatic carbocycles. The van der Waals surface area contributed by atoms with Crippen LogP contribution in [0.4, 0.5) is 0 Å². The van der Waals surface area contributed by atoms with E-state index in [1.165, 1.54) is 0 Å². The number of carbonyl (C=O) groups is 1. The van der Waals surface area contributed by atoms with Crippen molar-refractivity contribution < 1.29 is 9.53 Å². The summed E-state index contributed by atoms with van der Waals surface area (Å²) < 4.78 is 5.30.